The zero-order valence-electron chi connectivity index (χ0n) is 18.7. The predicted molar refractivity (Wildman–Crippen MR) is 134 cm³/mol. The van der Waals surface area contributed by atoms with Crippen LogP contribution in [-0.2, 0) is 19.6 Å². The second-order valence-corrected chi connectivity index (χ2v) is 12.2. The van der Waals surface area contributed by atoms with Crippen molar-refractivity contribution in [1.29, 1.82) is 0 Å². The molecule has 4 rings (SSSR count). The number of hydrogen-bond acceptors (Lipinski definition) is 9. The zero-order valence-corrected chi connectivity index (χ0v) is 21.2. The number of aryl methyl sites for hydroxylation is 1. The Labute approximate surface area is 207 Å². The highest BCUT2D eigenvalue weighted by molar-refractivity contribution is 8.02. The van der Waals surface area contributed by atoms with Gasteiger partial charge in [-0.3, -0.25) is 4.79 Å². The molecule has 2 aromatic carbocycles. The number of anilines is 3. The predicted octanol–water partition coefficient (Wildman–Crippen LogP) is 3.73. The van der Waals surface area contributed by atoms with E-state index in [2.05, 4.69) is 20.8 Å². The fourth-order valence-corrected chi connectivity index (χ4v) is 6.49. The summed E-state index contributed by atoms with van der Waals surface area (Å²) >= 11 is 2.68. The van der Waals surface area contributed by atoms with Crippen molar-refractivity contribution in [3.05, 3.63) is 54.1 Å². The van der Waals surface area contributed by atoms with E-state index >= 15 is 0 Å². The molecule has 1 saturated heterocycles. The SMILES string of the molecule is Cc1ccc(Nc2nnc(S[C@H](C)C(=O)Nc3ccc(S(=O)(=O)N4CCOCC4)cc3)s2)cc1. The fraction of sp³-hybridized carbons (Fsp3) is 0.318. The molecule has 0 bridgehead atoms. The number of nitrogens with zero attached hydrogens (tertiary/aromatic N) is 3. The van der Waals surface area contributed by atoms with Crippen LogP contribution in [0.3, 0.4) is 0 Å². The third-order valence-electron chi connectivity index (χ3n) is 5.09. The van der Waals surface area contributed by atoms with Crippen LogP contribution in [0.15, 0.2) is 57.8 Å². The molecule has 0 unspecified atom stereocenters. The minimum absolute atomic E-state index is 0.192. The lowest BCUT2D eigenvalue weighted by molar-refractivity contribution is -0.115. The largest absolute Gasteiger partial charge is 0.379 e. The van der Waals surface area contributed by atoms with Crippen molar-refractivity contribution in [3.8, 4) is 0 Å². The van der Waals surface area contributed by atoms with Crippen molar-refractivity contribution in [2.45, 2.75) is 28.3 Å². The number of amides is 1. The van der Waals surface area contributed by atoms with Gasteiger partial charge in [0, 0.05) is 24.5 Å². The molecule has 1 amide bonds. The Morgan fingerprint density at radius 3 is 2.38 bits per heavy atom. The molecule has 2 heterocycles. The van der Waals surface area contributed by atoms with E-state index in [0.29, 0.717) is 41.5 Å². The number of carbonyl (C=O) groups excluding carboxylic acids is 1. The summed E-state index contributed by atoms with van der Waals surface area (Å²) in [6.45, 7) is 5.26. The van der Waals surface area contributed by atoms with Gasteiger partial charge in [0.15, 0.2) is 4.34 Å². The fourth-order valence-electron chi connectivity index (χ4n) is 3.16. The van der Waals surface area contributed by atoms with Gasteiger partial charge in [0.05, 0.1) is 23.4 Å². The number of carbonyl (C=O) groups is 1. The molecule has 0 aliphatic carbocycles. The van der Waals surface area contributed by atoms with Gasteiger partial charge in [0.25, 0.3) is 0 Å². The van der Waals surface area contributed by atoms with Crippen LogP contribution in [0.2, 0.25) is 0 Å². The summed E-state index contributed by atoms with van der Waals surface area (Å²) in [4.78, 5) is 12.8. The molecule has 0 radical (unpaired) electrons. The first-order chi connectivity index (χ1) is 16.3. The van der Waals surface area contributed by atoms with Crippen LogP contribution < -0.4 is 10.6 Å². The average Bonchev–Trinajstić information content (AvgIpc) is 3.28. The van der Waals surface area contributed by atoms with Gasteiger partial charge in [0.2, 0.25) is 21.1 Å². The Kier molecular flexibility index (Phi) is 7.84. The van der Waals surface area contributed by atoms with Crippen LogP contribution in [-0.4, -0.2) is 60.4 Å². The topological polar surface area (TPSA) is 114 Å². The minimum Gasteiger partial charge on any atom is -0.379 e. The number of nitrogens with one attached hydrogen (secondary N) is 2. The van der Waals surface area contributed by atoms with Crippen molar-refractivity contribution in [3.63, 3.8) is 0 Å². The van der Waals surface area contributed by atoms with Crippen LogP contribution in [0.25, 0.3) is 0 Å². The van der Waals surface area contributed by atoms with Crippen LogP contribution >= 0.6 is 23.1 Å². The maximum Gasteiger partial charge on any atom is 0.243 e. The Morgan fingerprint density at radius 2 is 1.71 bits per heavy atom. The molecule has 2 N–H and O–H groups in total. The Bertz CT molecular complexity index is 1220. The molecule has 9 nitrogen and oxygen atoms in total. The molecule has 12 heteroatoms. The van der Waals surface area contributed by atoms with Gasteiger partial charge in [-0.2, -0.15) is 4.31 Å². The van der Waals surface area contributed by atoms with E-state index in [0.717, 1.165) is 5.69 Å². The summed E-state index contributed by atoms with van der Waals surface area (Å²) in [5, 5.41) is 14.5. The molecular weight excluding hydrogens is 494 g/mol. The van der Waals surface area contributed by atoms with Crippen molar-refractivity contribution < 1.29 is 17.9 Å². The normalized spacial score (nSPS) is 15.6. The minimum atomic E-state index is -3.57. The second kappa shape index (κ2) is 10.8. The average molecular weight is 520 g/mol. The van der Waals surface area contributed by atoms with E-state index in [-0.39, 0.29) is 10.8 Å². The number of ether oxygens (including phenoxy) is 1. The van der Waals surface area contributed by atoms with E-state index in [1.165, 1.54) is 45.1 Å². The van der Waals surface area contributed by atoms with Crippen molar-refractivity contribution in [2.24, 2.45) is 0 Å². The molecule has 1 atom stereocenters. The molecule has 0 saturated carbocycles. The summed E-state index contributed by atoms with van der Waals surface area (Å²) in [5.41, 5.74) is 2.62. The van der Waals surface area contributed by atoms with Gasteiger partial charge in [0.1, 0.15) is 0 Å². The van der Waals surface area contributed by atoms with Gasteiger partial charge in [-0.1, -0.05) is 40.8 Å². The van der Waals surface area contributed by atoms with E-state index in [1.54, 1.807) is 19.1 Å². The first-order valence-corrected chi connectivity index (χ1v) is 13.8. The summed E-state index contributed by atoms with van der Waals surface area (Å²) in [5.74, 6) is -0.211. The molecule has 1 fully saturated rings. The molecule has 1 aromatic heterocycles. The standard InChI is InChI=1S/C22H25N5O4S3/c1-15-3-5-18(6-4-15)24-21-25-26-22(33-21)32-16(2)20(28)23-17-7-9-19(10-8-17)34(29,30)27-11-13-31-14-12-27/h3-10,16H,11-14H2,1-2H3,(H,23,28)(H,24,25)/t16-/m1/s1. The van der Waals surface area contributed by atoms with Gasteiger partial charge >= 0.3 is 0 Å². The number of benzene rings is 2. The highest BCUT2D eigenvalue weighted by Crippen LogP contribution is 2.31. The maximum atomic E-state index is 12.7. The molecule has 34 heavy (non-hydrogen) atoms. The lowest BCUT2D eigenvalue weighted by atomic mass is 10.2. The van der Waals surface area contributed by atoms with Gasteiger partial charge in [-0.25, -0.2) is 8.42 Å². The second-order valence-electron chi connectivity index (χ2n) is 7.65. The van der Waals surface area contributed by atoms with E-state index in [4.69, 9.17) is 4.74 Å². The summed E-state index contributed by atoms with van der Waals surface area (Å²) in [7, 11) is -3.57. The first-order valence-electron chi connectivity index (χ1n) is 10.6. The number of sulfonamides is 1. The molecule has 1 aliphatic heterocycles. The monoisotopic (exact) mass is 519 g/mol. The smallest absolute Gasteiger partial charge is 0.243 e. The molecule has 0 spiro atoms. The third kappa shape index (κ3) is 6.13. The van der Waals surface area contributed by atoms with Crippen molar-refractivity contribution >= 4 is 55.5 Å². The zero-order chi connectivity index (χ0) is 24.1. The van der Waals surface area contributed by atoms with Gasteiger partial charge in [-0.05, 0) is 50.2 Å². The highest BCUT2D eigenvalue weighted by atomic mass is 32.2. The highest BCUT2D eigenvalue weighted by Gasteiger charge is 2.26. The molecule has 3 aromatic rings. The Balaban J connectivity index is 1.32. The lowest BCUT2D eigenvalue weighted by Crippen LogP contribution is -2.40. The van der Waals surface area contributed by atoms with Crippen LogP contribution in [0, 0.1) is 6.92 Å². The third-order valence-corrected chi connectivity index (χ3v) is 9.02. The summed E-state index contributed by atoms with van der Waals surface area (Å²) in [6.07, 6.45) is 0. The maximum absolute atomic E-state index is 12.7. The lowest BCUT2D eigenvalue weighted by Gasteiger charge is -2.26. The van der Waals surface area contributed by atoms with Crippen LogP contribution in [0.5, 0.6) is 0 Å². The summed E-state index contributed by atoms with van der Waals surface area (Å²) in [6, 6.07) is 14.2. The number of thioether (sulfide) groups is 1. The number of aromatic nitrogens is 2. The van der Waals surface area contributed by atoms with Crippen molar-refractivity contribution in [2.75, 3.05) is 36.9 Å². The van der Waals surface area contributed by atoms with E-state index in [1.807, 2.05) is 31.2 Å². The molecule has 180 valence electrons. The number of rotatable bonds is 8. The van der Waals surface area contributed by atoms with Crippen molar-refractivity contribution in [1.82, 2.24) is 14.5 Å². The van der Waals surface area contributed by atoms with Crippen LogP contribution in [0.4, 0.5) is 16.5 Å². The van der Waals surface area contributed by atoms with Crippen LogP contribution in [0.1, 0.15) is 12.5 Å². The quantitative estimate of drug-likeness (QED) is 0.433. The molecular formula is C22H25N5O4S3. The Morgan fingerprint density at radius 1 is 1.06 bits per heavy atom. The summed E-state index contributed by atoms with van der Waals surface area (Å²) < 4.78 is 32.8. The van der Waals surface area contributed by atoms with Gasteiger partial charge in [-0.15, -0.1) is 10.2 Å². The van der Waals surface area contributed by atoms with E-state index in [9.17, 15) is 13.2 Å². The Hall–Kier alpha value is -2.51. The van der Waals surface area contributed by atoms with E-state index < -0.39 is 15.3 Å². The first kappa shape index (κ1) is 24.6. The molecule has 1 aliphatic rings. The number of morpholine rings is 1. The van der Waals surface area contributed by atoms with Gasteiger partial charge < -0.3 is 15.4 Å². The number of hydrogen-bond donors (Lipinski definition) is 2.